The van der Waals surface area contributed by atoms with Crippen molar-refractivity contribution in [1.29, 1.82) is 0 Å². The Morgan fingerprint density at radius 1 is 1.25 bits per heavy atom. The van der Waals surface area contributed by atoms with Gasteiger partial charge in [0.2, 0.25) is 0 Å². The molecule has 4 nitrogen and oxygen atoms in total. The minimum Gasteiger partial charge on any atom is -0.444 e. The van der Waals surface area contributed by atoms with E-state index in [-0.39, 0.29) is 0 Å². The highest BCUT2D eigenvalue weighted by molar-refractivity contribution is 5.85. The first kappa shape index (κ1) is 16.3. The number of rotatable bonds is 4. The lowest BCUT2D eigenvalue weighted by atomic mass is 10.2. The second-order valence-electron chi connectivity index (χ2n) is 6.05. The smallest absolute Gasteiger partial charge is 0.412 e. The predicted octanol–water partition coefficient (Wildman–Crippen LogP) is 4.27. The number of hydrogen-bond acceptors (Lipinski definition) is 3. The third kappa shape index (κ3) is 5.11. The van der Waals surface area contributed by atoms with Crippen molar-refractivity contribution in [3.63, 3.8) is 0 Å². The zero-order valence-electron chi connectivity index (χ0n) is 13.4. The van der Waals surface area contributed by atoms with Gasteiger partial charge in [-0.2, -0.15) is 0 Å². The molecule has 0 saturated carbocycles. The monoisotopic (exact) mass is 278 g/mol. The van der Waals surface area contributed by atoms with Crippen LogP contribution in [0.5, 0.6) is 0 Å². The molecule has 1 amide bonds. The molecule has 0 aliphatic heterocycles. The molecule has 4 heteroatoms. The van der Waals surface area contributed by atoms with E-state index < -0.39 is 11.7 Å². The Bertz CT molecular complexity index is 433. The number of anilines is 2. The van der Waals surface area contributed by atoms with Crippen molar-refractivity contribution in [2.24, 2.45) is 0 Å². The first-order valence-corrected chi connectivity index (χ1v) is 7.09. The molecule has 1 aromatic rings. The Kier molecular flexibility index (Phi) is 5.43. The largest absolute Gasteiger partial charge is 0.444 e. The molecule has 0 unspecified atom stereocenters. The molecule has 0 saturated heterocycles. The highest BCUT2D eigenvalue weighted by Gasteiger charge is 2.16. The molecule has 0 aliphatic rings. The van der Waals surface area contributed by atoms with E-state index in [9.17, 15) is 4.79 Å². The second-order valence-corrected chi connectivity index (χ2v) is 6.05. The molecular weight excluding hydrogens is 252 g/mol. The highest BCUT2D eigenvalue weighted by atomic mass is 16.6. The fourth-order valence-corrected chi connectivity index (χ4v) is 2.00. The Balaban J connectivity index is 2.70. The van der Waals surface area contributed by atoms with Crippen molar-refractivity contribution in [3.8, 4) is 0 Å². The van der Waals surface area contributed by atoms with Gasteiger partial charge in [0.25, 0.3) is 0 Å². The predicted molar refractivity (Wildman–Crippen MR) is 84.5 cm³/mol. The minimum absolute atomic E-state index is 0.429. The number of carbonyl (C=O) groups excluding carboxylic acids is 1. The van der Waals surface area contributed by atoms with Crippen LogP contribution >= 0.6 is 0 Å². The van der Waals surface area contributed by atoms with Crippen LogP contribution in [-0.4, -0.2) is 24.3 Å². The highest BCUT2D eigenvalue weighted by Crippen LogP contribution is 2.20. The summed E-state index contributed by atoms with van der Waals surface area (Å²) < 4.78 is 5.22. The van der Waals surface area contributed by atoms with Crippen LogP contribution in [0, 0.1) is 0 Å². The van der Waals surface area contributed by atoms with Crippen LogP contribution in [-0.2, 0) is 4.74 Å². The molecule has 1 rings (SSSR count). The molecule has 1 N–H and O–H groups in total. The van der Waals surface area contributed by atoms with Crippen LogP contribution in [0.2, 0.25) is 0 Å². The fraction of sp³-hybridized carbons (Fsp3) is 0.562. The lowest BCUT2D eigenvalue weighted by Gasteiger charge is -2.27. The third-order valence-electron chi connectivity index (χ3n) is 2.81. The zero-order chi connectivity index (χ0) is 15.3. The molecule has 0 aliphatic carbocycles. The molecular formula is C16H26N2O2. The van der Waals surface area contributed by atoms with Crippen molar-refractivity contribution >= 4 is 17.5 Å². The quantitative estimate of drug-likeness (QED) is 0.894. The summed E-state index contributed by atoms with van der Waals surface area (Å²) in [6.45, 7) is 12.9. The average Bonchev–Trinajstić information content (AvgIpc) is 2.29. The Hall–Kier alpha value is -1.71. The summed E-state index contributed by atoms with van der Waals surface area (Å²) in [6, 6.07) is 8.26. The molecule has 0 aromatic heterocycles. The summed E-state index contributed by atoms with van der Waals surface area (Å²) in [7, 11) is 0. The fourth-order valence-electron chi connectivity index (χ4n) is 2.00. The molecule has 0 heterocycles. The molecule has 0 radical (unpaired) electrons. The van der Waals surface area contributed by atoms with Gasteiger partial charge in [-0.1, -0.05) is 0 Å². The molecule has 112 valence electrons. The SMILES string of the molecule is CCN(c1ccc(NC(=O)OC(C)(C)C)cc1)C(C)C. The molecule has 0 fully saturated rings. The number of benzene rings is 1. The van der Waals surface area contributed by atoms with E-state index in [1.54, 1.807) is 0 Å². The summed E-state index contributed by atoms with van der Waals surface area (Å²) in [5.74, 6) is 0. The molecule has 0 atom stereocenters. The van der Waals surface area contributed by atoms with Crippen molar-refractivity contribution < 1.29 is 9.53 Å². The van der Waals surface area contributed by atoms with Gasteiger partial charge in [-0.25, -0.2) is 4.79 Å². The third-order valence-corrected chi connectivity index (χ3v) is 2.81. The second kappa shape index (κ2) is 6.64. The first-order chi connectivity index (χ1) is 9.23. The molecule has 1 aromatic carbocycles. The maximum Gasteiger partial charge on any atom is 0.412 e. The van der Waals surface area contributed by atoms with Crippen LogP contribution in [0.25, 0.3) is 0 Å². The summed E-state index contributed by atoms with van der Waals surface area (Å²) in [5, 5.41) is 2.73. The van der Waals surface area contributed by atoms with Crippen LogP contribution in [0.15, 0.2) is 24.3 Å². The van der Waals surface area contributed by atoms with Gasteiger partial charge in [0.1, 0.15) is 5.60 Å². The summed E-state index contributed by atoms with van der Waals surface area (Å²) in [5.41, 5.74) is 1.40. The molecule has 0 bridgehead atoms. The van der Waals surface area contributed by atoms with Crippen molar-refractivity contribution in [3.05, 3.63) is 24.3 Å². The van der Waals surface area contributed by atoms with Gasteiger partial charge in [0, 0.05) is 24.0 Å². The van der Waals surface area contributed by atoms with Crippen molar-refractivity contribution in [2.75, 3.05) is 16.8 Å². The van der Waals surface area contributed by atoms with Gasteiger partial charge < -0.3 is 9.64 Å². The lowest BCUT2D eigenvalue weighted by molar-refractivity contribution is 0.0636. The Morgan fingerprint density at radius 2 is 1.80 bits per heavy atom. The number of nitrogens with zero attached hydrogens (tertiary/aromatic N) is 1. The van der Waals surface area contributed by atoms with Gasteiger partial charge in [-0.15, -0.1) is 0 Å². The van der Waals surface area contributed by atoms with E-state index in [2.05, 4.69) is 31.0 Å². The number of amides is 1. The minimum atomic E-state index is -0.485. The maximum atomic E-state index is 11.7. The summed E-state index contributed by atoms with van der Waals surface area (Å²) >= 11 is 0. The number of ether oxygens (including phenoxy) is 1. The topological polar surface area (TPSA) is 41.6 Å². The van der Waals surface area contributed by atoms with Crippen LogP contribution in [0.4, 0.5) is 16.2 Å². The molecule has 0 spiro atoms. The van der Waals surface area contributed by atoms with E-state index in [4.69, 9.17) is 4.74 Å². The average molecular weight is 278 g/mol. The summed E-state index contributed by atoms with van der Waals surface area (Å²) in [4.78, 5) is 14.0. The van der Waals surface area contributed by atoms with Crippen LogP contribution < -0.4 is 10.2 Å². The van der Waals surface area contributed by atoms with E-state index in [1.165, 1.54) is 0 Å². The van der Waals surface area contributed by atoms with Crippen molar-refractivity contribution in [2.45, 2.75) is 53.2 Å². The Labute approximate surface area is 122 Å². The van der Waals surface area contributed by atoms with Gasteiger partial charge in [-0.3, -0.25) is 5.32 Å². The standard InChI is InChI=1S/C16H26N2O2/c1-7-18(12(2)3)14-10-8-13(9-11-14)17-15(19)20-16(4,5)6/h8-12H,7H2,1-6H3,(H,17,19). The van der Waals surface area contributed by atoms with E-state index in [0.717, 1.165) is 17.9 Å². The van der Waals surface area contributed by atoms with Gasteiger partial charge >= 0.3 is 6.09 Å². The summed E-state index contributed by atoms with van der Waals surface area (Å²) in [6.07, 6.45) is -0.429. The number of hydrogen-bond donors (Lipinski definition) is 1. The maximum absolute atomic E-state index is 11.7. The van der Waals surface area contributed by atoms with Crippen LogP contribution in [0.1, 0.15) is 41.5 Å². The van der Waals surface area contributed by atoms with E-state index in [1.807, 2.05) is 45.0 Å². The van der Waals surface area contributed by atoms with Crippen molar-refractivity contribution in [1.82, 2.24) is 0 Å². The first-order valence-electron chi connectivity index (χ1n) is 7.09. The van der Waals surface area contributed by atoms with E-state index in [0.29, 0.717) is 6.04 Å². The normalized spacial score (nSPS) is 11.3. The molecule has 20 heavy (non-hydrogen) atoms. The number of carbonyl (C=O) groups is 1. The van der Waals surface area contributed by atoms with Crippen LogP contribution in [0.3, 0.4) is 0 Å². The van der Waals surface area contributed by atoms with E-state index >= 15 is 0 Å². The lowest BCUT2D eigenvalue weighted by Crippen LogP contribution is -2.30. The van der Waals surface area contributed by atoms with Gasteiger partial charge in [0.05, 0.1) is 0 Å². The zero-order valence-corrected chi connectivity index (χ0v) is 13.4. The number of nitrogens with one attached hydrogen (secondary N) is 1. The Morgan fingerprint density at radius 3 is 2.20 bits per heavy atom. The van der Waals surface area contributed by atoms with Gasteiger partial charge in [0.15, 0.2) is 0 Å². The van der Waals surface area contributed by atoms with Gasteiger partial charge in [-0.05, 0) is 65.8 Å².